The van der Waals surface area contributed by atoms with Crippen molar-refractivity contribution in [2.24, 2.45) is 5.41 Å². The highest BCUT2D eigenvalue weighted by molar-refractivity contribution is 5.99. The van der Waals surface area contributed by atoms with E-state index in [4.69, 9.17) is 0 Å². The molecule has 0 N–H and O–H groups in total. The van der Waals surface area contributed by atoms with Crippen LogP contribution in [0.5, 0.6) is 0 Å². The highest BCUT2D eigenvalue weighted by Gasteiger charge is 2.46. The summed E-state index contributed by atoms with van der Waals surface area (Å²) in [5.41, 5.74) is 0.879. The first-order chi connectivity index (χ1) is 6.19. The Bertz CT molecular complexity index is 301. The summed E-state index contributed by atoms with van der Waals surface area (Å²) in [6.45, 7) is 2.05. The monoisotopic (exact) mass is 178 g/mol. The number of hydrogen-bond donors (Lipinski definition) is 0. The Balaban J connectivity index is 2.44. The molecule has 2 aliphatic rings. The molecule has 0 aliphatic heterocycles. The molecule has 0 bridgehead atoms. The molecular weight excluding hydrogens is 164 g/mol. The average Bonchev–Trinajstić information content (AvgIpc) is 2.44. The van der Waals surface area contributed by atoms with Crippen LogP contribution >= 0.6 is 0 Å². The molecule has 2 aliphatic carbocycles. The van der Waals surface area contributed by atoms with Gasteiger partial charge < -0.3 is 0 Å². The van der Waals surface area contributed by atoms with E-state index in [-0.39, 0.29) is 11.2 Å². The van der Waals surface area contributed by atoms with E-state index in [9.17, 15) is 9.59 Å². The first-order valence-electron chi connectivity index (χ1n) is 4.96. The smallest absolute Gasteiger partial charge is 0.155 e. The van der Waals surface area contributed by atoms with E-state index in [0.29, 0.717) is 18.6 Å². The Morgan fingerprint density at radius 2 is 2.08 bits per heavy atom. The highest BCUT2D eigenvalue weighted by atomic mass is 16.1. The van der Waals surface area contributed by atoms with Gasteiger partial charge >= 0.3 is 0 Å². The van der Waals surface area contributed by atoms with Crippen molar-refractivity contribution in [1.82, 2.24) is 0 Å². The Kier molecular flexibility index (Phi) is 1.86. The predicted octanol–water partition coefficient (Wildman–Crippen LogP) is 2.04. The van der Waals surface area contributed by atoms with Crippen LogP contribution in [0.15, 0.2) is 11.6 Å². The molecule has 1 fully saturated rings. The van der Waals surface area contributed by atoms with E-state index in [2.05, 4.69) is 0 Å². The molecule has 2 heteroatoms. The number of carbonyl (C=O) groups is 2. The first kappa shape index (κ1) is 8.67. The zero-order valence-corrected chi connectivity index (χ0v) is 7.93. The molecule has 0 amide bonds. The third kappa shape index (κ3) is 1.08. The molecular formula is C11H14O2. The minimum absolute atomic E-state index is 0.203. The van der Waals surface area contributed by atoms with Gasteiger partial charge in [0.15, 0.2) is 5.78 Å². The van der Waals surface area contributed by atoms with Gasteiger partial charge in [0.1, 0.15) is 5.78 Å². The standard InChI is InChI=1S/C11H14O2/c1-2-11-6-5-9(12)7-8(11)3-4-10(11)13/h7H,2-6H2,1H3/t11-/m0/s1. The van der Waals surface area contributed by atoms with Gasteiger partial charge in [0.05, 0.1) is 5.41 Å². The first-order valence-corrected chi connectivity index (χ1v) is 4.96. The van der Waals surface area contributed by atoms with Crippen molar-refractivity contribution in [3.8, 4) is 0 Å². The fraction of sp³-hybridized carbons (Fsp3) is 0.636. The normalized spacial score (nSPS) is 33.2. The lowest BCUT2D eigenvalue weighted by molar-refractivity contribution is -0.126. The fourth-order valence-corrected chi connectivity index (χ4v) is 2.62. The maximum atomic E-state index is 11.7. The van der Waals surface area contributed by atoms with Crippen molar-refractivity contribution in [2.45, 2.75) is 39.0 Å². The topological polar surface area (TPSA) is 34.1 Å². The van der Waals surface area contributed by atoms with Gasteiger partial charge in [-0.3, -0.25) is 9.59 Å². The van der Waals surface area contributed by atoms with Gasteiger partial charge in [-0.15, -0.1) is 0 Å². The van der Waals surface area contributed by atoms with Gasteiger partial charge in [-0.2, -0.15) is 0 Å². The van der Waals surface area contributed by atoms with Crippen molar-refractivity contribution in [1.29, 1.82) is 0 Å². The fourth-order valence-electron chi connectivity index (χ4n) is 2.62. The lowest BCUT2D eigenvalue weighted by Crippen LogP contribution is -2.30. The van der Waals surface area contributed by atoms with Crippen LogP contribution in [0.1, 0.15) is 39.0 Å². The van der Waals surface area contributed by atoms with Crippen molar-refractivity contribution in [3.63, 3.8) is 0 Å². The second-order valence-corrected chi connectivity index (χ2v) is 3.99. The molecule has 0 heterocycles. The van der Waals surface area contributed by atoms with Gasteiger partial charge in [-0.05, 0) is 25.3 Å². The second kappa shape index (κ2) is 2.79. The Morgan fingerprint density at radius 3 is 2.77 bits per heavy atom. The quantitative estimate of drug-likeness (QED) is 0.615. The summed E-state index contributed by atoms with van der Waals surface area (Å²) in [7, 11) is 0. The molecule has 70 valence electrons. The van der Waals surface area contributed by atoms with E-state index in [1.807, 2.05) is 6.92 Å². The molecule has 0 spiro atoms. The summed E-state index contributed by atoms with van der Waals surface area (Å²) in [6, 6.07) is 0. The van der Waals surface area contributed by atoms with Gasteiger partial charge in [-0.1, -0.05) is 12.5 Å². The summed E-state index contributed by atoms with van der Waals surface area (Å²) in [6.07, 6.45) is 5.37. The number of carbonyl (C=O) groups excluding carboxylic acids is 2. The Morgan fingerprint density at radius 1 is 1.31 bits per heavy atom. The van der Waals surface area contributed by atoms with Crippen LogP contribution in [0.3, 0.4) is 0 Å². The number of rotatable bonds is 1. The molecule has 0 aromatic heterocycles. The van der Waals surface area contributed by atoms with Crippen LogP contribution in [0.4, 0.5) is 0 Å². The van der Waals surface area contributed by atoms with Crippen LogP contribution < -0.4 is 0 Å². The molecule has 0 aromatic rings. The molecule has 2 nitrogen and oxygen atoms in total. The van der Waals surface area contributed by atoms with E-state index in [0.717, 1.165) is 24.8 Å². The average molecular weight is 178 g/mol. The zero-order valence-electron chi connectivity index (χ0n) is 7.93. The lowest BCUT2D eigenvalue weighted by Gasteiger charge is -2.30. The third-order valence-electron chi connectivity index (χ3n) is 3.51. The Labute approximate surface area is 78.0 Å². The van der Waals surface area contributed by atoms with Crippen molar-refractivity contribution in [2.75, 3.05) is 0 Å². The summed E-state index contributed by atoms with van der Waals surface area (Å²) in [5.74, 6) is 0.558. The van der Waals surface area contributed by atoms with Gasteiger partial charge in [0.25, 0.3) is 0 Å². The molecule has 0 aromatic carbocycles. The van der Waals surface area contributed by atoms with Gasteiger partial charge in [0.2, 0.25) is 0 Å². The molecule has 13 heavy (non-hydrogen) atoms. The van der Waals surface area contributed by atoms with E-state index in [1.165, 1.54) is 0 Å². The van der Waals surface area contributed by atoms with Gasteiger partial charge in [-0.25, -0.2) is 0 Å². The van der Waals surface area contributed by atoms with Gasteiger partial charge in [0, 0.05) is 12.8 Å². The Hall–Kier alpha value is -0.920. The van der Waals surface area contributed by atoms with Crippen LogP contribution in [0.25, 0.3) is 0 Å². The van der Waals surface area contributed by atoms with E-state index >= 15 is 0 Å². The maximum Gasteiger partial charge on any atom is 0.155 e. The SMILES string of the molecule is CC[C@]12CCC(=O)C=C1CCC2=O. The maximum absolute atomic E-state index is 11.7. The van der Waals surface area contributed by atoms with Crippen LogP contribution in [0.2, 0.25) is 0 Å². The lowest BCUT2D eigenvalue weighted by atomic mass is 9.71. The van der Waals surface area contributed by atoms with Crippen molar-refractivity contribution >= 4 is 11.6 Å². The third-order valence-corrected chi connectivity index (χ3v) is 3.51. The largest absolute Gasteiger partial charge is 0.299 e. The van der Waals surface area contributed by atoms with Crippen LogP contribution in [-0.4, -0.2) is 11.6 Å². The van der Waals surface area contributed by atoms with E-state index in [1.54, 1.807) is 6.08 Å². The molecule has 1 atom stereocenters. The van der Waals surface area contributed by atoms with Crippen molar-refractivity contribution in [3.05, 3.63) is 11.6 Å². The molecule has 0 unspecified atom stereocenters. The second-order valence-electron chi connectivity index (χ2n) is 3.99. The number of fused-ring (bicyclic) bond motifs is 1. The summed E-state index contributed by atoms with van der Waals surface area (Å²) in [4.78, 5) is 22.9. The summed E-state index contributed by atoms with van der Waals surface area (Å²) < 4.78 is 0. The number of allylic oxidation sites excluding steroid dienone is 2. The highest BCUT2D eigenvalue weighted by Crippen LogP contribution is 2.48. The van der Waals surface area contributed by atoms with Crippen LogP contribution in [-0.2, 0) is 9.59 Å². The van der Waals surface area contributed by atoms with Crippen molar-refractivity contribution < 1.29 is 9.59 Å². The predicted molar refractivity (Wildman–Crippen MR) is 49.3 cm³/mol. The number of ketones is 2. The zero-order chi connectivity index (χ0) is 9.47. The summed E-state index contributed by atoms with van der Waals surface area (Å²) >= 11 is 0. The minimum Gasteiger partial charge on any atom is -0.299 e. The summed E-state index contributed by atoms with van der Waals surface area (Å²) in [5, 5.41) is 0. The molecule has 0 saturated heterocycles. The molecule has 0 radical (unpaired) electrons. The van der Waals surface area contributed by atoms with Crippen LogP contribution in [0, 0.1) is 5.41 Å². The molecule has 2 rings (SSSR count). The minimum atomic E-state index is -0.228. The van der Waals surface area contributed by atoms with E-state index < -0.39 is 0 Å². The molecule has 1 saturated carbocycles. The number of Topliss-reactive ketones (excluding diaryl/α,β-unsaturated/α-hetero) is 1. The number of hydrogen-bond acceptors (Lipinski definition) is 2.